The molecule has 232 valence electrons. The number of hydrogen-bond acceptors (Lipinski definition) is 4. The molecule has 0 aromatic heterocycles. The van der Waals surface area contributed by atoms with Crippen LogP contribution in [-0.2, 0) is 35.6 Å². The number of ether oxygens (including phenoxy) is 2. The highest BCUT2D eigenvalue weighted by Crippen LogP contribution is 2.33. The SMILES string of the molecule is C=C(C)c1cc(C(=O)N2Cc3ccc(CC[C@@H](CC(C)C)C(=O)OC4CCCC4)cc3C2)c(C)cc1OCc1ccccc1. The van der Waals surface area contributed by atoms with Gasteiger partial charge in [0.05, 0.1) is 5.92 Å². The first-order chi connectivity index (χ1) is 21.2. The third-order valence-electron chi connectivity index (χ3n) is 8.99. The van der Waals surface area contributed by atoms with Gasteiger partial charge in [-0.1, -0.05) is 69.0 Å². The number of aryl methyl sites for hydroxylation is 2. The summed E-state index contributed by atoms with van der Waals surface area (Å²) in [6.07, 6.45) is 6.88. The quantitative estimate of drug-likeness (QED) is 0.197. The average Bonchev–Trinajstić information content (AvgIpc) is 3.67. The number of hydrogen-bond donors (Lipinski definition) is 0. The summed E-state index contributed by atoms with van der Waals surface area (Å²) in [5, 5.41) is 0. The van der Waals surface area contributed by atoms with Crippen molar-refractivity contribution in [3.63, 3.8) is 0 Å². The van der Waals surface area contributed by atoms with Gasteiger partial charge in [0.2, 0.25) is 0 Å². The van der Waals surface area contributed by atoms with Crippen LogP contribution in [0.2, 0.25) is 0 Å². The van der Waals surface area contributed by atoms with Gasteiger partial charge in [-0.15, -0.1) is 0 Å². The van der Waals surface area contributed by atoms with Crippen molar-refractivity contribution in [2.24, 2.45) is 11.8 Å². The van der Waals surface area contributed by atoms with Crippen LogP contribution in [0.5, 0.6) is 5.75 Å². The Balaban J connectivity index is 1.24. The standard InChI is InChI=1S/C39H47NO4/c1-26(2)19-31(39(42)44-34-13-9-10-14-34)17-15-29-16-18-32-23-40(24-33(32)21-29)38(41)36-22-35(27(3)4)37(20-28(36)5)43-25-30-11-7-6-8-12-30/h6-8,11-12,16,18,20-22,26,31,34H,3,9-10,13-15,17,19,23-25H2,1-2,4-5H3/t31-/m0/s1. The molecular formula is C39H47NO4. The minimum absolute atomic E-state index is 0.0176. The van der Waals surface area contributed by atoms with Gasteiger partial charge in [-0.25, -0.2) is 0 Å². The lowest BCUT2D eigenvalue weighted by Gasteiger charge is -2.20. The molecule has 1 fully saturated rings. The molecule has 1 heterocycles. The van der Waals surface area contributed by atoms with Crippen molar-refractivity contribution in [2.75, 3.05) is 0 Å². The lowest BCUT2D eigenvalue weighted by atomic mass is 9.90. The number of carbonyl (C=O) groups excluding carboxylic acids is 2. The number of esters is 1. The highest BCUT2D eigenvalue weighted by atomic mass is 16.5. The number of allylic oxidation sites excluding steroid dienone is 1. The molecule has 0 radical (unpaired) electrons. The summed E-state index contributed by atoms with van der Waals surface area (Å²) in [4.78, 5) is 28.8. The van der Waals surface area contributed by atoms with Crippen LogP contribution in [0.4, 0.5) is 0 Å². The van der Waals surface area contributed by atoms with Gasteiger partial charge in [-0.05, 0) is 110 Å². The Kier molecular flexibility index (Phi) is 10.2. The Morgan fingerprint density at radius 1 is 0.932 bits per heavy atom. The zero-order valence-electron chi connectivity index (χ0n) is 26.9. The van der Waals surface area contributed by atoms with E-state index in [1.165, 1.54) is 16.7 Å². The van der Waals surface area contributed by atoms with Crippen LogP contribution >= 0.6 is 0 Å². The third kappa shape index (κ3) is 7.80. The molecule has 1 atom stereocenters. The van der Waals surface area contributed by atoms with Gasteiger partial charge in [0.25, 0.3) is 5.91 Å². The van der Waals surface area contributed by atoms with Crippen molar-refractivity contribution in [1.29, 1.82) is 0 Å². The number of benzene rings is 3. The molecule has 3 aromatic carbocycles. The zero-order chi connectivity index (χ0) is 31.2. The van der Waals surface area contributed by atoms with Crippen LogP contribution in [-0.4, -0.2) is 22.9 Å². The summed E-state index contributed by atoms with van der Waals surface area (Å²) in [5.74, 6) is 1.10. The maximum absolute atomic E-state index is 13.8. The molecule has 2 aliphatic rings. The maximum atomic E-state index is 13.8. The monoisotopic (exact) mass is 593 g/mol. The van der Waals surface area contributed by atoms with Crippen LogP contribution in [0.1, 0.15) is 103 Å². The van der Waals surface area contributed by atoms with Gasteiger partial charge in [0.15, 0.2) is 0 Å². The summed E-state index contributed by atoms with van der Waals surface area (Å²) in [6.45, 7) is 14.0. The van der Waals surface area contributed by atoms with E-state index in [-0.39, 0.29) is 23.9 Å². The first kappa shape index (κ1) is 31.6. The summed E-state index contributed by atoms with van der Waals surface area (Å²) in [5.41, 5.74) is 7.96. The fraction of sp³-hybridized carbons (Fsp3) is 0.436. The van der Waals surface area contributed by atoms with Crippen LogP contribution in [0.3, 0.4) is 0 Å². The molecule has 0 spiro atoms. The Bertz CT molecular complexity index is 1490. The minimum atomic E-state index is -0.0768. The van der Waals surface area contributed by atoms with Gasteiger partial charge in [0, 0.05) is 24.2 Å². The normalized spacial score (nSPS) is 15.3. The molecular weight excluding hydrogens is 546 g/mol. The maximum Gasteiger partial charge on any atom is 0.309 e. The van der Waals surface area contributed by atoms with E-state index in [0.717, 1.165) is 73.0 Å². The van der Waals surface area contributed by atoms with Gasteiger partial charge < -0.3 is 14.4 Å². The van der Waals surface area contributed by atoms with E-state index in [4.69, 9.17) is 9.47 Å². The van der Waals surface area contributed by atoms with Gasteiger partial charge in [-0.3, -0.25) is 9.59 Å². The van der Waals surface area contributed by atoms with Crippen LogP contribution in [0.25, 0.3) is 5.57 Å². The van der Waals surface area contributed by atoms with Gasteiger partial charge >= 0.3 is 5.97 Å². The highest BCUT2D eigenvalue weighted by molar-refractivity contribution is 5.97. The van der Waals surface area contributed by atoms with Gasteiger partial charge in [-0.2, -0.15) is 0 Å². The molecule has 3 aromatic rings. The van der Waals surface area contributed by atoms with E-state index < -0.39 is 0 Å². The molecule has 0 unspecified atom stereocenters. The predicted octanol–water partition coefficient (Wildman–Crippen LogP) is 8.84. The molecule has 0 bridgehead atoms. The van der Waals surface area contributed by atoms with E-state index in [2.05, 4.69) is 38.6 Å². The molecule has 1 aliphatic heterocycles. The second-order valence-corrected chi connectivity index (χ2v) is 13.2. The molecule has 0 saturated heterocycles. The molecule has 5 heteroatoms. The summed E-state index contributed by atoms with van der Waals surface area (Å²) >= 11 is 0. The average molecular weight is 594 g/mol. The van der Waals surface area contributed by atoms with Crippen LogP contribution < -0.4 is 4.74 Å². The lowest BCUT2D eigenvalue weighted by Crippen LogP contribution is -2.26. The van der Waals surface area contributed by atoms with E-state index in [1.807, 2.05) is 61.2 Å². The molecule has 0 N–H and O–H groups in total. The van der Waals surface area contributed by atoms with Crippen LogP contribution in [0, 0.1) is 18.8 Å². The Morgan fingerprint density at radius 3 is 2.36 bits per heavy atom. The lowest BCUT2D eigenvalue weighted by molar-refractivity contribution is -0.154. The first-order valence-electron chi connectivity index (χ1n) is 16.3. The third-order valence-corrected chi connectivity index (χ3v) is 8.99. The number of nitrogens with zero attached hydrogens (tertiary/aromatic N) is 1. The number of carbonyl (C=O) groups is 2. The number of rotatable bonds is 12. The van der Waals surface area contributed by atoms with Crippen molar-refractivity contribution in [3.8, 4) is 5.75 Å². The van der Waals surface area contributed by atoms with Crippen LogP contribution in [0.15, 0.2) is 67.2 Å². The summed E-state index contributed by atoms with van der Waals surface area (Å²) in [7, 11) is 0. The van der Waals surface area contributed by atoms with Gasteiger partial charge in [0.1, 0.15) is 18.5 Å². The van der Waals surface area contributed by atoms with Crippen molar-refractivity contribution in [3.05, 3.63) is 106 Å². The largest absolute Gasteiger partial charge is 0.488 e. The molecule has 5 rings (SSSR count). The summed E-state index contributed by atoms with van der Waals surface area (Å²) < 4.78 is 12.1. The minimum Gasteiger partial charge on any atom is -0.488 e. The van der Waals surface area contributed by atoms with E-state index in [1.54, 1.807) is 0 Å². The second-order valence-electron chi connectivity index (χ2n) is 13.2. The molecule has 1 amide bonds. The summed E-state index contributed by atoms with van der Waals surface area (Å²) in [6, 6.07) is 20.5. The molecule has 1 aliphatic carbocycles. The zero-order valence-corrected chi connectivity index (χ0v) is 26.9. The van der Waals surface area contributed by atoms with E-state index in [0.29, 0.717) is 31.2 Å². The Morgan fingerprint density at radius 2 is 1.66 bits per heavy atom. The van der Waals surface area contributed by atoms with Crippen molar-refractivity contribution in [2.45, 2.75) is 98.4 Å². The highest BCUT2D eigenvalue weighted by Gasteiger charge is 2.28. The number of amides is 1. The Labute approximate surface area is 263 Å². The van der Waals surface area contributed by atoms with Crippen molar-refractivity contribution < 1.29 is 19.1 Å². The fourth-order valence-electron chi connectivity index (χ4n) is 6.53. The topological polar surface area (TPSA) is 55.8 Å². The van der Waals surface area contributed by atoms with Crippen molar-refractivity contribution >= 4 is 17.4 Å². The molecule has 1 saturated carbocycles. The molecule has 44 heavy (non-hydrogen) atoms. The van der Waals surface area contributed by atoms with Crippen molar-refractivity contribution in [1.82, 2.24) is 4.90 Å². The smallest absolute Gasteiger partial charge is 0.309 e. The first-order valence-corrected chi connectivity index (χ1v) is 16.3. The predicted molar refractivity (Wildman–Crippen MR) is 176 cm³/mol. The fourth-order valence-corrected chi connectivity index (χ4v) is 6.53. The Hall–Kier alpha value is -3.86. The second kappa shape index (κ2) is 14.3. The number of fused-ring (bicyclic) bond motifs is 1. The molecule has 5 nitrogen and oxygen atoms in total. The van der Waals surface area contributed by atoms with E-state index in [9.17, 15) is 9.59 Å². The van der Waals surface area contributed by atoms with E-state index >= 15 is 0 Å².